The van der Waals surface area contributed by atoms with Crippen LogP contribution in [-0.4, -0.2) is 0 Å². The lowest BCUT2D eigenvalue weighted by molar-refractivity contribution is 0.589. The van der Waals surface area contributed by atoms with Crippen molar-refractivity contribution in [1.29, 1.82) is 0 Å². The van der Waals surface area contributed by atoms with Crippen molar-refractivity contribution in [3.8, 4) is 0 Å². The van der Waals surface area contributed by atoms with Gasteiger partial charge in [-0.3, -0.25) is 0 Å². The highest BCUT2D eigenvalue weighted by atomic mass is 32.2. The molecule has 0 saturated heterocycles. The Balaban J connectivity index is 1.14. The van der Waals surface area contributed by atoms with Crippen LogP contribution in [0.5, 0.6) is 0 Å². The van der Waals surface area contributed by atoms with E-state index in [1.807, 2.05) is 47.0 Å². The molecule has 4 heteroatoms. The van der Waals surface area contributed by atoms with Gasteiger partial charge in [-0.25, -0.2) is 0 Å². The minimum atomic E-state index is 0.0108. The van der Waals surface area contributed by atoms with E-state index in [1.165, 1.54) is 205 Å². The zero-order chi connectivity index (χ0) is 57.9. The van der Waals surface area contributed by atoms with Crippen LogP contribution >= 0.6 is 47.0 Å². The van der Waals surface area contributed by atoms with Crippen LogP contribution in [0.4, 0.5) is 0 Å². The van der Waals surface area contributed by atoms with E-state index in [-0.39, 0.29) is 10.8 Å². The maximum atomic E-state index is 2.62. The fourth-order valence-electron chi connectivity index (χ4n) is 14.4. The van der Waals surface area contributed by atoms with Gasteiger partial charge in [0.25, 0.3) is 0 Å². The van der Waals surface area contributed by atoms with Crippen molar-refractivity contribution in [3.05, 3.63) is 265 Å². The molecule has 0 aromatic heterocycles. The Bertz CT molecular complexity index is 4250. The highest BCUT2D eigenvalue weighted by Crippen LogP contribution is 2.51. The fraction of sp³-hybridized carbons (Fsp3) is 0.256. The summed E-state index contributed by atoms with van der Waals surface area (Å²) in [6, 6.07) is 49.2. The molecule has 0 aliphatic carbocycles. The van der Waals surface area contributed by atoms with Crippen LogP contribution in [0.3, 0.4) is 0 Å². The van der Waals surface area contributed by atoms with E-state index < -0.39 is 0 Å². The molecule has 0 atom stereocenters. The highest BCUT2D eigenvalue weighted by molar-refractivity contribution is 8.00. The third-order valence-corrected chi connectivity index (χ3v) is 22.2. The predicted octanol–water partition coefficient (Wildman–Crippen LogP) is 18.8. The maximum Gasteiger partial charge on any atom is 0.0213 e. The van der Waals surface area contributed by atoms with Gasteiger partial charge in [0.2, 0.25) is 0 Å². The first-order chi connectivity index (χ1) is 38.8. The van der Waals surface area contributed by atoms with Crippen molar-refractivity contribution in [2.75, 3.05) is 0 Å². The van der Waals surface area contributed by atoms with Gasteiger partial charge in [-0.2, -0.15) is 0 Å². The van der Waals surface area contributed by atoms with Crippen molar-refractivity contribution >= 4 is 69.3 Å². The Morgan fingerprint density at radius 1 is 0.232 bits per heavy atom. The summed E-state index contributed by atoms with van der Waals surface area (Å²) in [6.45, 7) is 41.6. The molecule has 0 amide bonds. The summed E-state index contributed by atoms with van der Waals surface area (Å²) in [5.41, 5.74) is 34.6. The SMILES string of the molecule is Cc1cc(C)c(C2=c3cc4c(cc3Sc3ccc(C(C)(C)C)cc32)=C(c2c(C)cc(C)cc2C)c2cc3c(cc2S4)Sc2cc4c(cc2=C3c2c(C)cc(C)cc2C)Sc2ccc(C(C)(C)C)cc2C=4c2c(C)cc(C)cc2C)c(C)c1. The summed E-state index contributed by atoms with van der Waals surface area (Å²) >= 11 is 7.84. The fourth-order valence-corrected chi connectivity index (χ4v) is 18.9. The Hall–Kier alpha value is -6.14. The monoisotopic (exact) mass is 1140 g/mol. The zero-order valence-electron chi connectivity index (χ0n) is 51.2. The van der Waals surface area contributed by atoms with Crippen molar-refractivity contribution < 1.29 is 0 Å². The quantitative estimate of drug-likeness (QED) is 0.172. The number of rotatable bonds is 4. The molecule has 4 heterocycles. The lowest BCUT2D eigenvalue weighted by atomic mass is 9.82. The molecule has 0 saturated carbocycles. The molecule has 4 aliphatic rings. The molecule has 0 N–H and O–H groups in total. The van der Waals surface area contributed by atoms with E-state index in [2.05, 4.69) is 246 Å². The Morgan fingerprint density at radius 2 is 0.463 bits per heavy atom. The number of fused-ring (bicyclic) bond motifs is 8. The van der Waals surface area contributed by atoms with Gasteiger partial charge in [0.1, 0.15) is 0 Å². The third-order valence-electron chi connectivity index (χ3n) is 17.7. The second-order valence-electron chi connectivity index (χ2n) is 26.5. The number of benzene rings is 9. The average molecular weight is 1140 g/mol. The third kappa shape index (κ3) is 9.07. The van der Waals surface area contributed by atoms with E-state index in [4.69, 9.17) is 0 Å². The second-order valence-corrected chi connectivity index (χ2v) is 30.8. The molecular formula is C78H74S4. The van der Waals surface area contributed by atoms with Gasteiger partial charge in [0, 0.05) is 39.2 Å². The summed E-state index contributed by atoms with van der Waals surface area (Å²) in [5.74, 6) is 0. The van der Waals surface area contributed by atoms with Gasteiger partial charge in [-0.15, -0.1) is 0 Å². The molecule has 9 aromatic carbocycles. The summed E-state index contributed by atoms with van der Waals surface area (Å²) in [4.78, 5) is 10.5. The van der Waals surface area contributed by atoms with Gasteiger partial charge in [0.15, 0.2) is 0 Å². The maximum absolute atomic E-state index is 2.62. The van der Waals surface area contributed by atoms with Gasteiger partial charge in [-0.05, 0) is 298 Å². The molecule has 82 heavy (non-hydrogen) atoms. The first-order valence-electron chi connectivity index (χ1n) is 29.2. The molecular weight excluding hydrogens is 1070 g/mol. The van der Waals surface area contributed by atoms with Crippen LogP contribution in [-0.2, 0) is 10.8 Å². The molecule has 9 aromatic rings. The predicted molar refractivity (Wildman–Crippen MR) is 354 cm³/mol. The Morgan fingerprint density at radius 3 is 0.707 bits per heavy atom. The summed E-state index contributed by atoms with van der Waals surface area (Å²) < 4.78 is 0. The number of hydrogen-bond donors (Lipinski definition) is 0. The van der Waals surface area contributed by atoms with Crippen molar-refractivity contribution in [1.82, 2.24) is 0 Å². The minimum absolute atomic E-state index is 0.0108. The average Bonchev–Trinajstić information content (AvgIpc) is 1.61. The lowest BCUT2D eigenvalue weighted by Gasteiger charge is -2.30. The smallest absolute Gasteiger partial charge is 0.0213 e. The molecule has 0 fully saturated rings. The second kappa shape index (κ2) is 19.7. The molecule has 0 spiro atoms. The molecule has 410 valence electrons. The van der Waals surface area contributed by atoms with E-state index in [9.17, 15) is 0 Å². The van der Waals surface area contributed by atoms with Crippen molar-refractivity contribution in [3.63, 3.8) is 0 Å². The summed E-state index contributed by atoms with van der Waals surface area (Å²) in [5, 5.41) is 5.30. The molecule has 0 unspecified atom stereocenters. The van der Waals surface area contributed by atoms with Crippen LogP contribution in [0.15, 0.2) is 160 Å². The van der Waals surface area contributed by atoms with E-state index in [0.29, 0.717) is 0 Å². The summed E-state index contributed by atoms with van der Waals surface area (Å²) in [6.07, 6.45) is 0. The van der Waals surface area contributed by atoms with E-state index in [0.717, 1.165) is 0 Å². The van der Waals surface area contributed by atoms with Crippen molar-refractivity contribution in [2.24, 2.45) is 0 Å². The van der Waals surface area contributed by atoms with Crippen molar-refractivity contribution in [2.45, 2.75) is 175 Å². The molecule has 0 radical (unpaired) electrons. The van der Waals surface area contributed by atoms with Gasteiger partial charge < -0.3 is 0 Å². The minimum Gasteiger partial charge on any atom is -0.0888 e. The lowest BCUT2D eigenvalue weighted by Crippen LogP contribution is -2.27. The topological polar surface area (TPSA) is 0 Å². The molecule has 4 aliphatic heterocycles. The standard InChI is InChI=1S/C78H74S4/c1-39-23-43(5)69(44(6)24-39)73-53-31-51(77(13,14)15)19-21-61(53)79-63-34-59-65(36-57(63)73)81-67-38-68-56(33-55(67)75(59)71-47(9)27-41(3)28-48(71)10)76(72-49(11)29-42(4)30-50(72)12)60-35-64-58(37-66(60)82-68)74(70-45(7)25-40(2)26-46(70)8)54-32-52(78(16,17)18)20-22-62(54)80-64/h19-38H,1-18H3. The normalized spacial score (nSPS) is 14.2. The Labute approximate surface area is 504 Å². The highest BCUT2D eigenvalue weighted by Gasteiger charge is 2.33. The van der Waals surface area contributed by atoms with Crippen LogP contribution in [0, 0.1) is 83.1 Å². The number of hydrogen-bond acceptors (Lipinski definition) is 4. The van der Waals surface area contributed by atoms with Crippen LogP contribution in [0.25, 0.3) is 22.3 Å². The van der Waals surface area contributed by atoms with Gasteiger partial charge in [-0.1, -0.05) is 172 Å². The van der Waals surface area contributed by atoms with Gasteiger partial charge in [0.05, 0.1) is 0 Å². The van der Waals surface area contributed by atoms with Crippen LogP contribution in [0.2, 0.25) is 0 Å². The molecule has 0 bridgehead atoms. The van der Waals surface area contributed by atoms with Gasteiger partial charge >= 0.3 is 0 Å². The molecule has 13 rings (SSSR count). The van der Waals surface area contributed by atoms with E-state index in [1.54, 1.807) is 0 Å². The van der Waals surface area contributed by atoms with Crippen LogP contribution < -0.4 is 20.9 Å². The Kier molecular flexibility index (Phi) is 13.3. The molecule has 0 nitrogen and oxygen atoms in total. The van der Waals surface area contributed by atoms with E-state index >= 15 is 0 Å². The van der Waals surface area contributed by atoms with Crippen LogP contribution in [0.1, 0.15) is 164 Å². The summed E-state index contributed by atoms with van der Waals surface area (Å²) in [7, 11) is 0. The first kappa shape index (κ1) is 55.1. The first-order valence-corrected chi connectivity index (χ1v) is 32.5. The zero-order valence-corrected chi connectivity index (χ0v) is 54.4. The largest absolute Gasteiger partial charge is 0.0888 e. The number of aryl methyl sites for hydroxylation is 12.